The maximum Gasteiger partial charge on any atom is 0.403 e. The highest BCUT2D eigenvalue weighted by Crippen LogP contribution is 2.41. The summed E-state index contributed by atoms with van der Waals surface area (Å²) in [6.07, 6.45) is 2.20. The Morgan fingerprint density at radius 1 is 1.05 bits per heavy atom. The number of fused-ring (bicyclic) bond motifs is 4. The van der Waals surface area contributed by atoms with Gasteiger partial charge in [-0.15, -0.1) is 0 Å². The van der Waals surface area contributed by atoms with Crippen LogP contribution in [0.1, 0.15) is 11.1 Å². The summed E-state index contributed by atoms with van der Waals surface area (Å²) in [4.78, 5) is 0. The van der Waals surface area contributed by atoms with Crippen LogP contribution in [-0.2, 0) is 0 Å². The van der Waals surface area contributed by atoms with E-state index < -0.39 is 6.29 Å². The molecule has 5 nitrogen and oxygen atoms in total. The van der Waals surface area contributed by atoms with Crippen LogP contribution in [0.2, 0.25) is 0 Å². The third-order valence-electron chi connectivity index (χ3n) is 3.86. The zero-order valence-electron chi connectivity index (χ0n) is 11.7. The lowest BCUT2D eigenvalue weighted by Gasteiger charge is -2.17. The minimum atomic E-state index is -1.03. The van der Waals surface area contributed by atoms with Gasteiger partial charge < -0.3 is 20.1 Å². The maximum absolute atomic E-state index is 10.2. The van der Waals surface area contributed by atoms with Crippen LogP contribution in [0, 0.1) is 6.92 Å². The molecule has 0 aliphatic carbocycles. The van der Waals surface area contributed by atoms with Crippen molar-refractivity contribution in [1.29, 1.82) is 0 Å². The molecule has 1 atom stereocenters. The van der Waals surface area contributed by atoms with Gasteiger partial charge in [-0.2, -0.15) is 4.42 Å². The Hall–Kier alpha value is -2.79. The molecule has 1 unspecified atom stereocenters. The van der Waals surface area contributed by atoms with Gasteiger partial charge in [-0.3, -0.25) is 0 Å². The molecule has 0 saturated heterocycles. The summed E-state index contributed by atoms with van der Waals surface area (Å²) >= 11 is 0. The van der Waals surface area contributed by atoms with E-state index in [1.165, 1.54) is 12.1 Å². The normalized spacial score (nSPS) is 16.7. The molecule has 1 aliphatic rings. The van der Waals surface area contributed by atoms with Gasteiger partial charge in [0.25, 0.3) is 0 Å². The Balaban J connectivity index is 2.17. The molecule has 1 aromatic heterocycles. The summed E-state index contributed by atoms with van der Waals surface area (Å²) in [7, 11) is 0. The largest absolute Gasteiger partial charge is 0.500 e. The standard InChI is InChI=1S/C17H12O5/c1-8-2-4-12(18)16-10(8)6-11-9-3-5-15(20)21-14(9)7-13(19)17(11)22-16/h2-7,15,20H,1H3,(H-,18,19)/p+1. The van der Waals surface area contributed by atoms with Crippen LogP contribution in [0.25, 0.3) is 28.0 Å². The Morgan fingerprint density at radius 2 is 1.82 bits per heavy atom. The fraction of sp³-hybridized carbons (Fsp3) is 0.118. The van der Waals surface area contributed by atoms with Crippen molar-refractivity contribution in [2.75, 3.05) is 0 Å². The number of aromatic hydroxyl groups is 2. The van der Waals surface area contributed by atoms with Crippen molar-refractivity contribution >= 4 is 28.0 Å². The Morgan fingerprint density at radius 3 is 2.64 bits per heavy atom. The number of phenolic OH excluding ortho intramolecular Hbond substituents is 2. The predicted octanol–water partition coefficient (Wildman–Crippen LogP) is 3.31. The van der Waals surface area contributed by atoms with Crippen molar-refractivity contribution < 1.29 is 24.5 Å². The molecule has 4 rings (SSSR count). The molecule has 0 fully saturated rings. The minimum absolute atomic E-state index is 0.0156. The molecule has 2 heterocycles. The smallest absolute Gasteiger partial charge is 0.403 e. The summed E-state index contributed by atoms with van der Waals surface area (Å²) in [5, 5.41) is 31.1. The van der Waals surface area contributed by atoms with Crippen LogP contribution >= 0.6 is 0 Å². The number of aliphatic hydroxyl groups is 1. The van der Waals surface area contributed by atoms with Crippen LogP contribution in [0.5, 0.6) is 17.2 Å². The number of rotatable bonds is 0. The zero-order valence-corrected chi connectivity index (χ0v) is 11.7. The number of hydrogen-bond acceptors (Lipinski definition) is 4. The average molecular weight is 297 g/mol. The van der Waals surface area contributed by atoms with Crippen molar-refractivity contribution in [3.63, 3.8) is 0 Å². The highest BCUT2D eigenvalue weighted by molar-refractivity contribution is 6.01. The third-order valence-corrected chi connectivity index (χ3v) is 3.86. The molecule has 22 heavy (non-hydrogen) atoms. The van der Waals surface area contributed by atoms with Crippen LogP contribution in [0.4, 0.5) is 0 Å². The van der Waals surface area contributed by atoms with Crippen LogP contribution in [-0.4, -0.2) is 21.6 Å². The second-order valence-corrected chi connectivity index (χ2v) is 5.31. The maximum atomic E-state index is 10.2. The van der Waals surface area contributed by atoms with E-state index >= 15 is 0 Å². The number of aliphatic hydroxyl groups excluding tert-OH is 1. The minimum Gasteiger partial charge on any atom is -0.500 e. The van der Waals surface area contributed by atoms with Gasteiger partial charge in [-0.1, -0.05) is 6.07 Å². The first-order valence-corrected chi connectivity index (χ1v) is 6.82. The second kappa shape index (κ2) is 4.35. The molecule has 110 valence electrons. The topological polar surface area (TPSA) is 81.2 Å². The average Bonchev–Trinajstić information content (AvgIpc) is 2.50. The summed E-state index contributed by atoms with van der Waals surface area (Å²) in [6.45, 7) is 1.91. The van der Waals surface area contributed by atoms with E-state index in [4.69, 9.17) is 9.15 Å². The number of aryl methyl sites for hydroxylation is 1. The van der Waals surface area contributed by atoms with Gasteiger partial charge in [0, 0.05) is 11.6 Å². The van der Waals surface area contributed by atoms with Gasteiger partial charge in [-0.05, 0) is 36.8 Å². The molecule has 0 spiro atoms. The van der Waals surface area contributed by atoms with Gasteiger partial charge in [0.1, 0.15) is 5.75 Å². The molecule has 1 aliphatic heterocycles. The van der Waals surface area contributed by atoms with Crippen LogP contribution in [0.3, 0.4) is 0 Å². The summed E-state index contributed by atoms with van der Waals surface area (Å²) in [6, 6.07) is 6.59. The SMILES string of the molecule is Cc1ccc(O)c2[o+]c3c(O)cc4c(c3cc12)C=CC(O)O4. The van der Waals surface area contributed by atoms with Crippen molar-refractivity contribution in [1.82, 2.24) is 0 Å². The third kappa shape index (κ3) is 1.72. The Bertz CT molecular complexity index is 959. The summed E-state index contributed by atoms with van der Waals surface area (Å²) < 4.78 is 11.0. The van der Waals surface area contributed by atoms with Crippen LogP contribution in [0.15, 0.2) is 34.8 Å². The fourth-order valence-corrected chi connectivity index (χ4v) is 2.75. The fourth-order valence-electron chi connectivity index (χ4n) is 2.75. The molecule has 0 saturated carbocycles. The van der Waals surface area contributed by atoms with E-state index in [0.29, 0.717) is 22.3 Å². The molecule has 5 heteroatoms. The monoisotopic (exact) mass is 297 g/mol. The Kier molecular flexibility index (Phi) is 2.55. The van der Waals surface area contributed by atoms with Gasteiger partial charge in [0.2, 0.25) is 17.8 Å². The Labute approximate surface area is 125 Å². The van der Waals surface area contributed by atoms with E-state index in [1.54, 1.807) is 18.2 Å². The van der Waals surface area contributed by atoms with Crippen molar-refractivity contribution in [3.05, 3.63) is 41.5 Å². The molecule has 3 N–H and O–H groups in total. The van der Waals surface area contributed by atoms with Gasteiger partial charge in [0.15, 0.2) is 0 Å². The first-order chi connectivity index (χ1) is 10.5. The van der Waals surface area contributed by atoms with Crippen molar-refractivity contribution in [2.45, 2.75) is 13.2 Å². The lowest BCUT2D eigenvalue weighted by atomic mass is 10.0. The van der Waals surface area contributed by atoms with E-state index in [-0.39, 0.29) is 17.1 Å². The molecule has 2 aromatic carbocycles. The van der Waals surface area contributed by atoms with Crippen LogP contribution < -0.4 is 4.74 Å². The first-order valence-electron chi connectivity index (χ1n) is 6.82. The first kappa shape index (κ1) is 12.9. The van der Waals surface area contributed by atoms with Crippen molar-refractivity contribution in [2.24, 2.45) is 0 Å². The summed E-state index contributed by atoms with van der Waals surface area (Å²) in [5.74, 6) is 0.285. The van der Waals surface area contributed by atoms with E-state index in [1.807, 2.05) is 13.0 Å². The predicted molar refractivity (Wildman–Crippen MR) is 81.9 cm³/mol. The molecule has 0 radical (unpaired) electrons. The number of phenols is 2. The molecular weight excluding hydrogens is 284 g/mol. The summed E-state index contributed by atoms with van der Waals surface area (Å²) in [5.41, 5.74) is 2.24. The van der Waals surface area contributed by atoms with Gasteiger partial charge >= 0.3 is 11.2 Å². The number of ether oxygens (including phenoxy) is 1. The van der Waals surface area contributed by atoms with Gasteiger partial charge in [0.05, 0.1) is 10.8 Å². The molecule has 0 bridgehead atoms. The molecule has 3 aromatic rings. The highest BCUT2D eigenvalue weighted by Gasteiger charge is 2.26. The van der Waals surface area contributed by atoms with Crippen molar-refractivity contribution in [3.8, 4) is 17.2 Å². The second-order valence-electron chi connectivity index (χ2n) is 5.31. The lowest BCUT2D eigenvalue weighted by Crippen LogP contribution is -2.15. The van der Waals surface area contributed by atoms with E-state index in [9.17, 15) is 15.3 Å². The van der Waals surface area contributed by atoms with Gasteiger partial charge in [-0.25, -0.2) is 0 Å². The molecular formula is C17H13O5+. The van der Waals surface area contributed by atoms with E-state index in [0.717, 1.165) is 10.9 Å². The number of benzene rings is 2. The zero-order chi connectivity index (χ0) is 15.4. The molecule has 0 amide bonds. The van der Waals surface area contributed by atoms with E-state index in [2.05, 4.69) is 0 Å². The number of hydrogen-bond donors (Lipinski definition) is 3. The highest BCUT2D eigenvalue weighted by atomic mass is 16.6. The quantitative estimate of drug-likeness (QED) is 0.438. The lowest BCUT2D eigenvalue weighted by molar-refractivity contribution is 0.0231.